The van der Waals surface area contributed by atoms with E-state index in [0.29, 0.717) is 23.0 Å². The summed E-state index contributed by atoms with van der Waals surface area (Å²) in [6.07, 6.45) is 0. The second kappa shape index (κ2) is 6.47. The zero-order valence-corrected chi connectivity index (χ0v) is 12.0. The summed E-state index contributed by atoms with van der Waals surface area (Å²) in [6, 6.07) is 3.03. The van der Waals surface area contributed by atoms with E-state index >= 15 is 0 Å². The zero-order valence-electron chi connectivity index (χ0n) is 12.0. The minimum absolute atomic E-state index is 0.0518. The van der Waals surface area contributed by atoms with Gasteiger partial charge in [0.15, 0.2) is 17.5 Å². The van der Waals surface area contributed by atoms with Crippen LogP contribution in [0.25, 0.3) is 0 Å². The van der Waals surface area contributed by atoms with Crippen LogP contribution in [0.3, 0.4) is 0 Å². The summed E-state index contributed by atoms with van der Waals surface area (Å²) in [6.45, 7) is -2.57. The van der Waals surface area contributed by atoms with Gasteiger partial charge < -0.3 is 24.4 Å². The van der Waals surface area contributed by atoms with Gasteiger partial charge in [0.1, 0.15) is 5.75 Å². The predicted molar refractivity (Wildman–Crippen MR) is 73.1 cm³/mol. The number of aliphatic imine (C=N–C) groups is 1. The van der Waals surface area contributed by atoms with Gasteiger partial charge in [0, 0.05) is 39.3 Å². The van der Waals surface area contributed by atoms with Crippen LogP contribution in [0.2, 0.25) is 0 Å². The lowest BCUT2D eigenvalue weighted by molar-refractivity contribution is -0.0505. The number of benzene rings is 1. The van der Waals surface area contributed by atoms with Crippen LogP contribution in [0.15, 0.2) is 17.1 Å². The Morgan fingerprint density at radius 3 is 2.62 bits per heavy atom. The van der Waals surface area contributed by atoms with Gasteiger partial charge in [-0.1, -0.05) is 0 Å². The molecule has 116 valence electrons. The van der Waals surface area contributed by atoms with E-state index < -0.39 is 6.61 Å². The molecule has 6 nitrogen and oxygen atoms in total. The lowest BCUT2D eigenvalue weighted by Gasteiger charge is -2.18. The van der Waals surface area contributed by atoms with Crippen LogP contribution in [-0.2, 0) is 6.54 Å². The molecule has 8 heteroatoms. The highest BCUT2D eigenvalue weighted by Gasteiger charge is 2.20. The standard InChI is InChI=1S/C13H17F2N3O3/c1-16-13(18(2)3)17-6-8-4-10-11(20-7-19-10)5-9(8)21-12(14)15/h4-5,12H,6-7H2,1-3H3,(H,16,17). The van der Waals surface area contributed by atoms with Crippen LogP contribution in [0, 0.1) is 0 Å². The maximum Gasteiger partial charge on any atom is 0.387 e. The monoisotopic (exact) mass is 301 g/mol. The van der Waals surface area contributed by atoms with Crippen LogP contribution in [0.5, 0.6) is 17.2 Å². The number of rotatable bonds is 4. The molecule has 1 N–H and O–H groups in total. The van der Waals surface area contributed by atoms with E-state index in [-0.39, 0.29) is 19.1 Å². The van der Waals surface area contributed by atoms with Crippen molar-refractivity contribution in [3.63, 3.8) is 0 Å². The first-order chi connectivity index (χ1) is 10.0. The quantitative estimate of drug-likeness (QED) is 0.677. The van der Waals surface area contributed by atoms with Crippen molar-refractivity contribution >= 4 is 5.96 Å². The van der Waals surface area contributed by atoms with Gasteiger partial charge in [-0.25, -0.2) is 0 Å². The predicted octanol–water partition coefficient (Wildman–Crippen LogP) is 1.65. The SMILES string of the molecule is CN=C(NCc1cc2c(cc1OC(F)F)OCO2)N(C)C. The van der Waals surface area contributed by atoms with Gasteiger partial charge >= 0.3 is 6.61 Å². The van der Waals surface area contributed by atoms with Gasteiger partial charge in [-0.3, -0.25) is 4.99 Å². The third-order valence-electron chi connectivity index (χ3n) is 2.84. The molecular formula is C13H17F2N3O3. The molecule has 0 radical (unpaired) electrons. The van der Waals surface area contributed by atoms with E-state index in [9.17, 15) is 8.78 Å². The zero-order chi connectivity index (χ0) is 15.4. The number of hydrogen-bond acceptors (Lipinski definition) is 4. The summed E-state index contributed by atoms with van der Waals surface area (Å²) in [5.41, 5.74) is 0.530. The average molecular weight is 301 g/mol. The summed E-state index contributed by atoms with van der Waals surface area (Å²) < 4.78 is 39.9. The Balaban J connectivity index is 2.20. The highest BCUT2D eigenvalue weighted by Crippen LogP contribution is 2.38. The first-order valence-corrected chi connectivity index (χ1v) is 6.26. The molecule has 0 saturated carbocycles. The van der Waals surface area contributed by atoms with Crippen molar-refractivity contribution in [1.29, 1.82) is 0 Å². The largest absolute Gasteiger partial charge is 0.454 e. The Bertz CT molecular complexity index is 536. The molecule has 1 heterocycles. The topological polar surface area (TPSA) is 55.3 Å². The molecule has 0 bridgehead atoms. The average Bonchev–Trinajstić information content (AvgIpc) is 2.85. The van der Waals surface area contributed by atoms with Gasteiger partial charge in [0.25, 0.3) is 0 Å². The second-order valence-electron chi connectivity index (χ2n) is 4.49. The molecule has 0 atom stereocenters. The van der Waals surface area contributed by atoms with Crippen molar-refractivity contribution in [2.45, 2.75) is 13.2 Å². The molecule has 0 aromatic heterocycles. The maximum atomic E-state index is 12.5. The Labute approximate surface area is 121 Å². The van der Waals surface area contributed by atoms with E-state index in [2.05, 4.69) is 15.0 Å². The third-order valence-corrected chi connectivity index (χ3v) is 2.84. The lowest BCUT2D eigenvalue weighted by atomic mass is 10.1. The molecule has 0 spiro atoms. The van der Waals surface area contributed by atoms with Crippen molar-refractivity contribution in [1.82, 2.24) is 10.2 Å². The Kier molecular flexibility index (Phi) is 4.66. The Morgan fingerprint density at radius 1 is 1.38 bits per heavy atom. The van der Waals surface area contributed by atoms with Crippen LogP contribution >= 0.6 is 0 Å². The molecule has 0 unspecified atom stereocenters. The van der Waals surface area contributed by atoms with Gasteiger partial charge in [0.2, 0.25) is 6.79 Å². The number of hydrogen-bond donors (Lipinski definition) is 1. The number of fused-ring (bicyclic) bond motifs is 1. The lowest BCUT2D eigenvalue weighted by Crippen LogP contribution is -2.35. The normalized spacial score (nSPS) is 13.5. The first kappa shape index (κ1) is 15.1. The van der Waals surface area contributed by atoms with Crippen molar-refractivity contribution in [3.8, 4) is 17.2 Å². The number of ether oxygens (including phenoxy) is 3. The summed E-state index contributed by atoms with van der Waals surface area (Å²) in [7, 11) is 5.29. The van der Waals surface area contributed by atoms with Crippen molar-refractivity contribution in [2.75, 3.05) is 27.9 Å². The molecule has 0 saturated heterocycles. The van der Waals surface area contributed by atoms with Crippen molar-refractivity contribution < 1.29 is 23.0 Å². The summed E-state index contributed by atoms with van der Waals surface area (Å²) in [5, 5.41) is 3.04. The fourth-order valence-corrected chi connectivity index (χ4v) is 1.92. The maximum absolute atomic E-state index is 12.5. The smallest absolute Gasteiger partial charge is 0.387 e. The molecule has 1 aromatic carbocycles. The van der Waals surface area contributed by atoms with Gasteiger partial charge in [-0.2, -0.15) is 8.78 Å². The second-order valence-corrected chi connectivity index (χ2v) is 4.49. The summed E-state index contributed by atoms with van der Waals surface area (Å²) >= 11 is 0. The Hall–Kier alpha value is -2.25. The van der Waals surface area contributed by atoms with Crippen molar-refractivity contribution in [3.05, 3.63) is 17.7 Å². The Morgan fingerprint density at radius 2 is 2.05 bits per heavy atom. The minimum atomic E-state index is -2.91. The van der Waals surface area contributed by atoms with Crippen LogP contribution < -0.4 is 19.5 Å². The van der Waals surface area contributed by atoms with Gasteiger partial charge in [0.05, 0.1) is 0 Å². The highest BCUT2D eigenvalue weighted by atomic mass is 19.3. The van der Waals surface area contributed by atoms with Crippen LogP contribution in [0.4, 0.5) is 8.78 Å². The fourth-order valence-electron chi connectivity index (χ4n) is 1.92. The van der Waals surface area contributed by atoms with E-state index in [4.69, 9.17) is 9.47 Å². The van der Waals surface area contributed by atoms with Crippen LogP contribution in [-0.4, -0.2) is 45.4 Å². The van der Waals surface area contributed by atoms with Crippen LogP contribution in [0.1, 0.15) is 5.56 Å². The van der Waals surface area contributed by atoms with Crippen molar-refractivity contribution in [2.24, 2.45) is 4.99 Å². The first-order valence-electron chi connectivity index (χ1n) is 6.26. The molecule has 1 aliphatic heterocycles. The third kappa shape index (κ3) is 3.65. The number of nitrogens with zero attached hydrogens (tertiary/aromatic N) is 2. The van der Waals surface area contributed by atoms with Gasteiger partial charge in [-0.15, -0.1) is 0 Å². The molecular weight excluding hydrogens is 284 g/mol. The van der Waals surface area contributed by atoms with E-state index in [0.717, 1.165) is 0 Å². The number of nitrogens with one attached hydrogen (secondary N) is 1. The highest BCUT2D eigenvalue weighted by molar-refractivity contribution is 5.79. The molecule has 1 aliphatic rings. The van der Waals surface area contributed by atoms with E-state index in [1.165, 1.54) is 6.07 Å². The fraction of sp³-hybridized carbons (Fsp3) is 0.462. The minimum Gasteiger partial charge on any atom is -0.454 e. The molecule has 0 amide bonds. The number of guanidine groups is 1. The van der Waals surface area contributed by atoms with Gasteiger partial charge in [-0.05, 0) is 6.07 Å². The number of halogens is 2. The summed E-state index contributed by atoms with van der Waals surface area (Å²) in [4.78, 5) is 5.83. The summed E-state index contributed by atoms with van der Waals surface area (Å²) in [5.74, 6) is 1.58. The molecule has 21 heavy (non-hydrogen) atoms. The molecule has 1 aromatic rings. The molecule has 0 fully saturated rings. The molecule has 2 rings (SSSR count). The van der Waals surface area contributed by atoms with E-state index in [1.54, 1.807) is 18.0 Å². The molecule has 0 aliphatic carbocycles. The number of alkyl halides is 2. The van der Waals surface area contributed by atoms with E-state index in [1.807, 2.05) is 14.1 Å².